The van der Waals surface area contributed by atoms with Crippen LogP contribution in [0.4, 0.5) is 0 Å². The van der Waals surface area contributed by atoms with Gasteiger partial charge in [0.25, 0.3) is 0 Å². The van der Waals surface area contributed by atoms with Crippen LogP contribution in [0.5, 0.6) is 5.75 Å². The lowest BCUT2D eigenvalue weighted by Gasteiger charge is -2.08. The first-order valence-corrected chi connectivity index (χ1v) is 6.17. The smallest absolute Gasteiger partial charge is 0.120 e. The van der Waals surface area contributed by atoms with Crippen LogP contribution in [0.2, 0.25) is 5.02 Å². The number of nitrogens with two attached hydrogens (primary N) is 1. The number of benzene rings is 1. The number of pyridine rings is 1. The highest BCUT2D eigenvalue weighted by molar-refractivity contribution is 6.31. The van der Waals surface area contributed by atoms with Gasteiger partial charge in [0.15, 0.2) is 0 Å². The second-order valence-electron chi connectivity index (χ2n) is 3.94. The van der Waals surface area contributed by atoms with Crippen molar-refractivity contribution in [1.82, 2.24) is 4.98 Å². The molecule has 2 N–H and O–H groups in total. The Balaban J connectivity index is 2.02. The van der Waals surface area contributed by atoms with E-state index in [0.29, 0.717) is 18.2 Å². The van der Waals surface area contributed by atoms with Crippen LogP contribution in [0.1, 0.15) is 11.1 Å². The van der Waals surface area contributed by atoms with Gasteiger partial charge in [-0.1, -0.05) is 23.7 Å². The molecule has 18 heavy (non-hydrogen) atoms. The van der Waals surface area contributed by atoms with Crippen LogP contribution in [0.15, 0.2) is 42.7 Å². The molecule has 0 saturated carbocycles. The van der Waals surface area contributed by atoms with Crippen molar-refractivity contribution in [1.29, 1.82) is 0 Å². The highest BCUT2D eigenvalue weighted by atomic mass is 35.5. The molecule has 94 valence electrons. The van der Waals surface area contributed by atoms with E-state index in [1.165, 1.54) is 5.56 Å². The summed E-state index contributed by atoms with van der Waals surface area (Å²) in [6, 6.07) is 9.79. The monoisotopic (exact) mass is 262 g/mol. The number of nitrogens with zero attached hydrogens (tertiary/aromatic N) is 1. The maximum atomic E-state index is 6.01. The second kappa shape index (κ2) is 6.38. The van der Waals surface area contributed by atoms with Crippen molar-refractivity contribution in [3.05, 3.63) is 58.9 Å². The number of hydrogen-bond donors (Lipinski definition) is 1. The molecule has 0 atom stereocenters. The predicted molar refractivity (Wildman–Crippen MR) is 72.8 cm³/mol. The summed E-state index contributed by atoms with van der Waals surface area (Å²) >= 11 is 6.01. The number of aromatic nitrogens is 1. The van der Waals surface area contributed by atoms with Crippen LogP contribution in [0, 0.1) is 0 Å². The largest absolute Gasteiger partial charge is 0.489 e. The SMILES string of the molecule is NCCc1cccc(OCc2ccncc2Cl)c1. The van der Waals surface area contributed by atoms with Gasteiger partial charge >= 0.3 is 0 Å². The standard InChI is InChI=1S/C14H15ClN2O/c15-14-9-17-7-5-12(14)10-18-13-3-1-2-11(8-13)4-6-16/h1-3,5,7-9H,4,6,10,16H2. The lowest BCUT2D eigenvalue weighted by molar-refractivity contribution is 0.306. The number of ether oxygens (including phenoxy) is 1. The van der Waals surface area contributed by atoms with Crippen molar-refractivity contribution in [2.45, 2.75) is 13.0 Å². The molecule has 0 unspecified atom stereocenters. The minimum atomic E-state index is 0.438. The highest BCUT2D eigenvalue weighted by Gasteiger charge is 2.01. The first-order chi connectivity index (χ1) is 8.79. The fourth-order valence-corrected chi connectivity index (χ4v) is 1.81. The minimum Gasteiger partial charge on any atom is -0.489 e. The summed E-state index contributed by atoms with van der Waals surface area (Å²) in [5.41, 5.74) is 7.63. The maximum Gasteiger partial charge on any atom is 0.120 e. The Bertz CT molecular complexity index is 517. The Kier molecular flexibility index (Phi) is 4.56. The summed E-state index contributed by atoms with van der Waals surface area (Å²) in [5.74, 6) is 0.828. The Labute approximate surface area is 112 Å². The van der Waals surface area contributed by atoms with E-state index >= 15 is 0 Å². The Hall–Kier alpha value is -1.58. The summed E-state index contributed by atoms with van der Waals surface area (Å²) in [4.78, 5) is 3.94. The normalized spacial score (nSPS) is 10.3. The average Bonchev–Trinajstić information content (AvgIpc) is 2.39. The fraction of sp³-hybridized carbons (Fsp3) is 0.214. The van der Waals surface area contributed by atoms with Gasteiger partial charge in [0.05, 0.1) is 5.02 Å². The van der Waals surface area contributed by atoms with Gasteiger partial charge in [-0.25, -0.2) is 0 Å². The quantitative estimate of drug-likeness (QED) is 0.901. The Morgan fingerprint density at radius 2 is 2.17 bits per heavy atom. The molecule has 0 saturated heterocycles. The van der Waals surface area contributed by atoms with Gasteiger partial charge in [-0.05, 0) is 36.7 Å². The summed E-state index contributed by atoms with van der Waals surface area (Å²) in [5, 5.41) is 0.621. The van der Waals surface area contributed by atoms with Crippen LogP contribution < -0.4 is 10.5 Å². The first-order valence-electron chi connectivity index (χ1n) is 5.80. The molecule has 0 radical (unpaired) electrons. The van der Waals surface area contributed by atoms with Crippen LogP contribution in [-0.4, -0.2) is 11.5 Å². The molecule has 0 bridgehead atoms. The average molecular weight is 263 g/mol. The van der Waals surface area contributed by atoms with E-state index in [9.17, 15) is 0 Å². The number of hydrogen-bond acceptors (Lipinski definition) is 3. The Morgan fingerprint density at radius 1 is 1.28 bits per heavy atom. The molecule has 0 fully saturated rings. The molecule has 0 spiro atoms. The second-order valence-corrected chi connectivity index (χ2v) is 4.35. The van der Waals surface area contributed by atoms with E-state index in [0.717, 1.165) is 17.7 Å². The lowest BCUT2D eigenvalue weighted by Crippen LogP contribution is -2.03. The molecular weight excluding hydrogens is 248 g/mol. The summed E-state index contributed by atoms with van der Waals surface area (Å²) in [6.45, 7) is 1.08. The zero-order chi connectivity index (χ0) is 12.8. The first kappa shape index (κ1) is 12.9. The Morgan fingerprint density at radius 3 is 2.94 bits per heavy atom. The van der Waals surface area contributed by atoms with E-state index in [1.807, 2.05) is 30.3 Å². The van der Waals surface area contributed by atoms with E-state index in [1.54, 1.807) is 12.4 Å². The molecular formula is C14H15ClN2O. The third-order valence-corrected chi connectivity index (χ3v) is 2.92. The predicted octanol–water partition coefficient (Wildman–Crippen LogP) is 2.82. The van der Waals surface area contributed by atoms with E-state index in [2.05, 4.69) is 4.98 Å². The van der Waals surface area contributed by atoms with Crippen molar-refractivity contribution in [3.63, 3.8) is 0 Å². The van der Waals surface area contributed by atoms with Gasteiger partial charge in [-0.2, -0.15) is 0 Å². The van der Waals surface area contributed by atoms with Gasteiger partial charge in [-0.3, -0.25) is 4.98 Å². The molecule has 1 heterocycles. The van der Waals surface area contributed by atoms with Crippen LogP contribution in [-0.2, 0) is 13.0 Å². The van der Waals surface area contributed by atoms with Gasteiger partial charge in [0, 0.05) is 18.0 Å². The molecule has 1 aromatic heterocycles. The van der Waals surface area contributed by atoms with E-state index < -0.39 is 0 Å². The molecule has 3 nitrogen and oxygen atoms in total. The highest BCUT2D eigenvalue weighted by Crippen LogP contribution is 2.18. The van der Waals surface area contributed by atoms with E-state index in [-0.39, 0.29) is 0 Å². The zero-order valence-corrected chi connectivity index (χ0v) is 10.7. The van der Waals surface area contributed by atoms with Crippen molar-refractivity contribution in [2.24, 2.45) is 5.73 Å². The molecule has 0 aliphatic rings. The molecule has 1 aromatic carbocycles. The van der Waals surface area contributed by atoms with Crippen molar-refractivity contribution >= 4 is 11.6 Å². The summed E-state index contributed by atoms with van der Waals surface area (Å²) in [7, 11) is 0. The van der Waals surface area contributed by atoms with Crippen molar-refractivity contribution < 1.29 is 4.74 Å². The van der Waals surface area contributed by atoms with Gasteiger partial charge in [0.2, 0.25) is 0 Å². The third kappa shape index (κ3) is 3.45. The summed E-state index contributed by atoms with van der Waals surface area (Å²) < 4.78 is 5.71. The number of rotatable bonds is 5. The molecule has 0 aliphatic carbocycles. The molecule has 0 aliphatic heterocycles. The topological polar surface area (TPSA) is 48.1 Å². The number of halogens is 1. The third-order valence-electron chi connectivity index (χ3n) is 2.58. The van der Waals surface area contributed by atoms with Crippen LogP contribution in [0.25, 0.3) is 0 Å². The molecule has 2 rings (SSSR count). The van der Waals surface area contributed by atoms with Crippen LogP contribution >= 0.6 is 11.6 Å². The van der Waals surface area contributed by atoms with Crippen molar-refractivity contribution in [3.8, 4) is 5.75 Å². The van der Waals surface area contributed by atoms with Crippen LogP contribution in [0.3, 0.4) is 0 Å². The molecule has 0 amide bonds. The maximum absolute atomic E-state index is 6.01. The van der Waals surface area contributed by atoms with Crippen molar-refractivity contribution in [2.75, 3.05) is 6.54 Å². The lowest BCUT2D eigenvalue weighted by atomic mass is 10.1. The molecule has 2 aromatic rings. The van der Waals surface area contributed by atoms with Gasteiger partial charge in [-0.15, -0.1) is 0 Å². The van der Waals surface area contributed by atoms with Gasteiger partial charge in [0.1, 0.15) is 12.4 Å². The van der Waals surface area contributed by atoms with Gasteiger partial charge < -0.3 is 10.5 Å². The zero-order valence-electron chi connectivity index (χ0n) is 9.97. The molecule has 4 heteroatoms. The summed E-state index contributed by atoms with van der Waals surface area (Å²) in [6.07, 6.45) is 4.17. The minimum absolute atomic E-state index is 0.438. The fourth-order valence-electron chi connectivity index (χ4n) is 1.64. The van der Waals surface area contributed by atoms with E-state index in [4.69, 9.17) is 22.1 Å².